The van der Waals surface area contributed by atoms with E-state index >= 15 is 0 Å². The van der Waals surface area contributed by atoms with Crippen LogP contribution in [0.1, 0.15) is 29.2 Å². The molecule has 13 heavy (non-hydrogen) atoms. The Bertz CT molecular complexity index is 389. The van der Waals surface area contributed by atoms with Crippen molar-refractivity contribution in [2.24, 2.45) is 0 Å². The van der Waals surface area contributed by atoms with Crippen LogP contribution in [0.5, 0.6) is 0 Å². The highest BCUT2D eigenvalue weighted by Crippen LogP contribution is 2.23. The lowest BCUT2D eigenvalue weighted by atomic mass is 9.94. The van der Waals surface area contributed by atoms with Gasteiger partial charge in [0.1, 0.15) is 0 Å². The van der Waals surface area contributed by atoms with E-state index in [2.05, 4.69) is 32.4 Å². The first-order valence-corrected chi connectivity index (χ1v) is 4.30. The quantitative estimate of drug-likeness (QED) is 0.567. The maximum atomic E-state index is 5.42. The Kier molecular flexibility index (Phi) is 2.58. The molecule has 0 fully saturated rings. The molecule has 0 radical (unpaired) electrons. The minimum absolute atomic E-state index is 0.940. The van der Waals surface area contributed by atoms with Crippen LogP contribution in [-0.2, 0) is 0 Å². The average Bonchev–Trinajstić information content (AvgIpc) is 2.08. The second-order valence-electron chi connectivity index (χ2n) is 3.35. The summed E-state index contributed by atoms with van der Waals surface area (Å²) in [5.41, 5.74) is 5.60. The summed E-state index contributed by atoms with van der Waals surface area (Å²) >= 11 is 0. The molecule has 0 spiro atoms. The van der Waals surface area contributed by atoms with Crippen molar-refractivity contribution in [3.63, 3.8) is 0 Å². The van der Waals surface area contributed by atoms with Gasteiger partial charge >= 0.3 is 0 Å². The van der Waals surface area contributed by atoms with Gasteiger partial charge in [-0.15, -0.1) is 6.42 Å². The first-order chi connectivity index (χ1) is 6.07. The molecule has 0 amide bonds. The standard InChI is InChI=1S/C13H14/c1-6-12-8-7-10(4)11(5)13(12)9(2)3/h1,7-8H,2H2,3-5H3. The summed E-state index contributed by atoms with van der Waals surface area (Å²) < 4.78 is 0. The van der Waals surface area contributed by atoms with Gasteiger partial charge in [0.25, 0.3) is 0 Å². The van der Waals surface area contributed by atoms with Crippen molar-refractivity contribution in [1.29, 1.82) is 0 Å². The van der Waals surface area contributed by atoms with Gasteiger partial charge in [0, 0.05) is 5.56 Å². The van der Waals surface area contributed by atoms with Gasteiger partial charge in [0.05, 0.1) is 0 Å². The van der Waals surface area contributed by atoms with Crippen LogP contribution < -0.4 is 0 Å². The van der Waals surface area contributed by atoms with E-state index in [4.69, 9.17) is 6.42 Å². The van der Waals surface area contributed by atoms with Crippen LogP contribution >= 0.6 is 0 Å². The number of allylic oxidation sites excluding steroid dienone is 1. The molecule has 1 aromatic rings. The molecule has 1 aromatic carbocycles. The van der Waals surface area contributed by atoms with E-state index in [1.807, 2.05) is 13.0 Å². The molecule has 0 aliphatic heterocycles. The lowest BCUT2D eigenvalue weighted by molar-refractivity contribution is 1.30. The second-order valence-corrected chi connectivity index (χ2v) is 3.35. The number of terminal acetylenes is 1. The molecule has 0 saturated heterocycles. The van der Waals surface area contributed by atoms with Crippen LogP contribution in [0, 0.1) is 26.2 Å². The highest BCUT2D eigenvalue weighted by Gasteiger charge is 2.06. The van der Waals surface area contributed by atoms with Crippen LogP contribution in [0.2, 0.25) is 0 Å². The second kappa shape index (κ2) is 3.49. The number of rotatable bonds is 1. The molecule has 0 aliphatic rings. The minimum atomic E-state index is 0.940. The van der Waals surface area contributed by atoms with Crippen molar-refractivity contribution in [3.05, 3.63) is 41.0 Å². The topological polar surface area (TPSA) is 0 Å². The SMILES string of the molecule is C#Cc1ccc(C)c(C)c1C(=C)C. The predicted octanol–water partition coefficient (Wildman–Crippen LogP) is 3.32. The van der Waals surface area contributed by atoms with Crippen LogP contribution in [0.4, 0.5) is 0 Å². The van der Waals surface area contributed by atoms with Gasteiger partial charge in [-0.25, -0.2) is 0 Å². The third kappa shape index (κ3) is 1.65. The third-order valence-corrected chi connectivity index (χ3v) is 2.32. The van der Waals surface area contributed by atoms with Gasteiger partial charge < -0.3 is 0 Å². The van der Waals surface area contributed by atoms with Crippen LogP contribution in [0.25, 0.3) is 5.57 Å². The predicted molar refractivity (Wildman–Crippen MR) is 58.6 cm³/mol. The van der Waals surface area contributed by atoms with Gasteiger partial charge in [-0.3, -0.25) is 0 Å². The first kappa shape index (κ1) is 9.61. The van der Waals surface area contributed by atoms with E-state index in [0.29, 0.717) is 0 Å². The number of hydrogen-bond donors (Lipinski definition) is 0. The van der Waals surface area contributed by atoms with Crippen LogP contribution in [-0.4, -0.2) is 0 Å². The van der Waals surface area contributed by atoms with Gasteiger partial charge in [-0.2, -0.15) is 0 Å². The molecule has 0 atom stereocenters. The fourth-order valence-electron chi connectivity index (χ4n) is 1.49. The minimum Gasteiger partial charge on any atom is -0.115 e. The number of aryl methyl sites for hydroxylation is 1. The van der Waals surface area contributed by atoms with E-state index in [0.717, 1.165) is 16.7 Å². The number of benzene rings is 1. The molecule has 0 aromatic heterocycles. The van der Waals surface area contributed by atoms with Gasteiger partial charge in [-0.1, -0.05) is 18.6 Å². The van der Waals surface area contributed by atoms with Crippen molar-refractivity contribution in [2.45, 2.75) is 20.8 Å². The summed E-state index contributed by atoms with van der Waals surface area (Å²) in [5, 5.41) is 0. The molecule has 0 nitrogen and oxygen atoms in total. The van der Waals surface area contributed by atoms with E-state index < -0.39 is 0 Å². The van der Waals surface area contributed by atoms with E-state index in [9.17, 15) is 0 Å². The van der Waals surface area contributed by atoms with Crippen molar-refractivity contribution in [1.82, 2.24) is 0 Å². The Balaban J connectivity index is 3.53. The Hall–Kier alpha value is -1.48. The Morgan fingerprint density at radius 2 is 2.00 bits per heavy atom. The molecule has 0 bridgehead atoms. The summed E-state index contributed by atoms with van der Waals surface area (Å²) in [5.74, 6) is 2.68. The van der Waals surface area contributed by atoms with Crippen molar-refractivity contribution < 1.29 is 0 Å². The maximum absolute atomic E-state index is 5.42. The summed E-state index contributed by atoms with van der Waals surface area (Å²) in [7, 11) is 0. The third-order valence-electron chi connectivity index (χ3n) is 2.32. The average molecular weight is 170 g/mol. The van der Waals surface area contributed by atoms with Crippen LogP contribution in [0.3, 0.4) is 0 Å². The van der Waals surface area contributed by atoms with Crippen LogP contribution in [0.15, 0.2) is 18.7 Å². The normalized spacial score (nSPS) is 9.38. The summed E-state index contributed by atoms with van der Waals surface area (Å²) in [4.78, 5) is 0. The highest BCUT2D eigenvalue weighted by molar-refractivity contribution is 5.71. The largest absolute Gasteiger partial charge is 0.115 e. The maximum Gasteiger partial charge on any atom is 0.0320 e. The van der Waals surface area contributed by atoms with Gasteiger partial charge in [0.15, 0.2) is 0 Å². The zero-order valence-electron chi connectivity index (χ0n) is 8.44. The fourth-order valence-corrected chi connectivity index (χ4v) is 1.49. The highest BCUT2D eigenvalue weighted by atomic mass is 14.1. The first-order valence-electron chi connectivity index (χ1n) is 4.30. The molecular weight excluding hydrogens is 156 g/mol. The molecular formula is C13H14. The van der Waals surface area contributed by atoms with E-state index in [1.165, 1.54) is 11.1 Å². The molecule has 66 valence electrons. The van der Waals surface area contributed by atoms with E-state index in [-0.39, 0.29) is 0 Å². The van der Waals surface area contributed by atoms with E-state index in [1.54, 1.807) is 0 Å². The lowest BCUT2D eigenvalue weighted by Crippen LogP contribution is -1.93. The van der Waals surface area contributed by atoms with Gasteiger partial charge in [-0.05, 0) is 49.1 Å². The van der Waals surface area contributed by atoms with Crippen molar-refractivity contribution in [3.8, 4) is 12.3 Å². The molecule has 0 heterocycles. The summed E-state index contributed by atoms with van der Waals surface area (Å²) in [6, 6.07) is 4.03. The molecule has 0 heteroatoms. The zero-order chi connectivity index (χ0) is 10.0. The lowest BCUT2D eigenvalue weighted by Gasteiger charge is -2.10. The molecule has 0 aliphatic carbocycles. The summed E-state index contributed by atoms with van der Waals surface area (Å²) in [6.45, 7) is 10.1. The van der Waals surface area contributed by atoms with Crippen molar-refractivity contribution >= 4 is 5.57 Å². The molecule has 0 saturated carbocycles. The Labute approximate surface area is 80.3 Å². The van der Waals surface area contributed by atoms with Gasteiger partial charge in [0.2, 0.25) is 0 Å². The smallest absolute Gasteiger partial charge is 0.0320 e. The fraction of sp³-hybridized carbons (Fsp3) is 0.231. The Morgan fingerprint density at radius 1 is 1.38 bits per heavy atom. The molecule has 0 N–H and O–H groups in total. The molecule has 0 unspecified atom stereocenters. The monoisotopic (exact) mass is 170 g/mol. The molecule has 1 rings (SSSR count). The number of hydrogen-bond acceptors (Lipinski definition) is 0. The van der Waals surface area contributed by atoms with Crippen molar-refractivity contribution in [2.75, 3.05) is 0 Å². The summed E-state index contributed by atoms with van der Waals surface area (Å²) in [6.07, 6.45) is 5.42. The zero-order valence-corrected chi connectivity index (χ0v) is 8.44. The Morgan fingerprint density at radius 3 is 2.46 bits per heavy atom.